The molecule has 0 atom stereocenters. The highest BCUT2D eigenvalue weighted by Crippen LogP contribution is 2.18. The van der Waals surface area contributed by atoms with E-state index in [4.69, 9.17) is 0 Å². The summed E-state index contributed by atoms with van der Waals surface area (Å²) in [6.07, 6.45) is 6.24. The average Bonchev–Trinajstić information content (AvgIpc) is 3.06. The molecule has 5 nitrogen and oxygen atoms in total. The van der Waals surface area contributed by atoms with Crippen LogP contribution >= 0.6 is 0 Å². The number of fused-ring (bicyclic) bond motifs is 1. The van der Waals surface area contributed by atoms with Crippen molar-refractivity contribution in [1.29, 1.82) is 0 Å². The molecule has 25 heavy (non-hydrogen) atoms. The summed E-state index contributed by atoms with van der Waals surface area (Å²) in [4.78, 5) is 13.4. The first-order chi connectivity index (χ1) is 12.3. The third kappa shape index (κ3) is 3.35. The minimum atomic E-state index is 0.762. The van der Waals surface area contributed by atoms with Crippen LogP contribution < -0.4 is 5.32 Å². The van der Waals surface area contributed by atoms with Gasteiger partial charge in [-0.15, -0.1) is 0 Å². The molecule has 0 aliphatic rings. The molecule has 4 aromatic rings. The van der Waals surface area contributed by atoms with Crippen LogP contribution in [0.5, 0.6) is 0 Å². The molecule has 0 bridgehead atoms. The van der Waals surface area contributed by atoms with E-state index in [9.17, 15) is 0 Å². The van der Waals surface area contributed by atoms with Gasteiger partial charge >= 0.3 is 0 Å². The highest BCUT2D eigenvalue weighted by atomic mass is 15.1. The molecule has 2 aromatic heterocycles. The first-order valence-electron chi connectivity index (χ1n) is 8.33. The summed E-state index contributed by atoms with van der Waals surface area (Å²) in [6.45, 7) is 2.88. The summed E-state index contributed by atoms with van der Waals surface area (Å²) >= 11 is 0. The van der Waals surface area contributed by atoms with Crippen LogP contribution in [-0.2, 0) is 6.42 Å². The van der Waals surface area contributed by atoms with Crippen molar-refractivity contribution in [3.8, 4) is 5.82 Å². The van der Waals surface area contributed by atoms with Gasteiger partial charge in [-0.05, 0) is 36.6 Å². The summed E-state index contributed by atoms with van der Waals surface area (Å²) in [7, 11) is 0. The van der Waals surface area contributed by atoms with Gasteiger partial charge in [-0.3, -0.25) is 9.55 Å². The van der Waals surface area contributed by atoms with Crippen LogP contribution in [0.25, 0.3) is 16.9 Å². The molecule has 0 radical (unpaired) electrons. The van der Waals surface area contributed by atoms with Gasteiger partial charge in [-0.25, -0.2) is 9.97 Å². The summed E-state index contributed by atoms with van der Waals surface area (Å²) in [5, 5.41) is 3.35. The Hall–Kier alpha value is -3.21. The molecule has 0 fully saturated rings. The third-order valence-electron chi connectivity index (χ3n) is 4.13. The van der Waals surface area contributed by atoms with E-state index >= 15 is 0 Å². The van der Waals surface area contributed by atoms with Crippen LogP contribution in [-0.4, -0.2) is 26.1 Å². The largest absolute Gasteiger partial charge is 0.368 e. The van der Waals surface area contributed by atoms with Gasteiger partial charge in [0, 0.05) is 6.54 Å². The fourth-order valence-electron chi connectivity index (χ4n) is 2.84. The van der Waals surface area contributed by atoms with E-state index in [-0.39, 0.29) is 0 Å². The Morgan fingerprint density at radius 3 is 2.80 bits per heavy atom. The minimum absolute atomic E-state index is 0.762. The zero-order valence-electron chi connectivity index (χ0n) is 14.1. The molecular weight excluding hydrogens is 310 g/mol. The van der Waals surface area contributed by atoms with Gasteiger partial charge in [0.25, 0.3) is 0 Å². The molecule has 0 saturated carbocycles. The van der Waals surface area contributed by atoms with Crippen LogP contribution in [0.4, 0.5) is 5.82 Å². The van der Waals surface area contributed by atoms with E-state index < -0.39 is 0 Å². The molecule has 2 aromatic carbocycles. The number of hydrogen-bond acceptors (Lipinski definition) is 4. The molecular formula is C20H19N5. The van der Waals surface area contributed by atoms with Gasteiger partial charge in [0.1, 0.15) is 12.1 Å². The summed E-state index contributed by atoms with van der Waals surface area (Å²) in [6, 6.07) is 16.6. The quantitative estimate of drug-likeness (QED) is 0.605. The van der Waals surface area contributed by atoms with Crippen LogP contribution in [0.1, 0.15) is 11.1 Å². The smallest absolute Gasteiger partial charge is 0.159 e. The number of rotatable bonds is 5. The minimum Gasteiger partial charge on any atom is -0.368 e. The van der Waals surface area contributed by atoms with Gasteiger partial charge in [-0.2, -0.15) is 0 Å². The molecule has 0 unspecified atom stereocenters. The standard InChI is InChI=1S/C20H19N5/c1-15-7-8-17-18(11-15)25(14-23-17)20-13-21-12-19(24-20)22-10-9-16-5-3-2-4-6-16/h2-8,11-14H,9-10H2,1H3,(H,22,24). The number of hydrogen-bond donors (Lipinski definition) is 1. The first kappa shape index (κ1) is 15.3. The maximum Gasteiger partial charge on any atom is 0.159 e. The van der Waals surface area contributed by atoms with E-state index in [1.54, 1.807) is 18.7 Å². The van der Waals surface area contributed by atoms with Crippen LogP contribution in [0, 0.1) is 6.92 Å². The molecule has 1 N–H and O–H groups in total. The van der Waals surface area contributed by atoms with E-state index in [1.807, 2.05) is 16.7 Å². The second-order valence-electron chi connectivity index (χ2n) is 6.03. The number of nitrogens with zero attached hydrogens (tertiary/aromatic N) is 4. The van der Waals surface area contributed by atoms with Gasteiger partial charge in [0.15, 0.2) is 5.82 Å². The molecule has 2 heterocycles. The normalized spacial score (nSPS) is 10.9. The topological polar surface area (TPSA) is 55.6 Å². The Balaban J connectivity index is 1.53. The Morgan fingerprint density at radius 2 is 1.92 bits per heavy atom. The summed E-state index contributed by atoms with van der Waals surface area (Å²) < 4.78 is 1.97. The number of benzene rings is 2. The highest BCUT2D eigenvalue weighted by Gasteiger charge is 2.07. The SMILES string of the molecule is Cc1ccc2ncn(-c3cncc(NCCc4ccccc4)n3)c2c1. The predicted molar refractivity (Wildman–Crippen MR) is 100 cm³/mol. The van der Waals surface area contributed by atoms with E-state index in [2.05, 4.69) is 63.6 Å². The van der Waals surface area contributed by atoms with Gasteiger partial charge < -0.3 is 5.32 Å². The molecule has 0 spiro atoms. The van der Waals surface area contributed by atoms with Crippen molar-refractivity contribution < 1.29 is 0 Å². The number of aryl methyl sites for hydroxylation is 1. The first-order valence-corrected chi connectivity index (χ1v) is 8.33. The maximum absolute atomic E-state index is 4.68. The Bertz CT molecular complexity index is 991. The van der Waals surface area contributed by atoms with Crippen molar-refractivity contribution in [1.82, 2.24) is 19.5 Å². The van der Waals surface area contributed by atoms with Crippen molar-refractivity contribution in [2.24, 2.45) is 0 Å². The molecule has 0 saturated heterocycles. The number of nitrogens with one attached hydrogen (secondary N) is 1. The zero-order valence-corrected chi connectivity index (χ0v) is 14.1. The molecule has 0 aliphatic heterocycles. The van der Waals surface area contributed by atoms with Crippen molar-refractivity contribution in [2.75, 3.05) is 11.9 Å². The zero-order chi connectivity index (χ0) is 17.1. The monoisotopic (exact) mass is 329 g/mol. The highest BCUT2D eigenvalue weighted by molar-refractivity contribution is 5.77. The number of anilines is 1. The average molecular weight is 329 g/mol. The fourth-order valence-corrected chi connectivity index (χ4v) is 2.84. The van der Waals surface area contributed by atoms with Crippen molar-refractivity contribution >= 4 is 16.9 Å². The number of aromatic nitrogens is 4. The van der Waals surface area contributed by atoms with Crippen LogP contribution in [0.2, 0.25) is 0 Å². The Kier molecular flexibility index (Phi) is 4.12. The van der Waals surface area contributed by atoms with Crippen LogP contribution in [0.3, 0.4) is 0 Å². The van der Waals surface area contributed by atoms with Crippen LogP contribution in [0.15, 0.2) is 67.3 Å². The van der Waals surface area contributed by atoms with Crippen molar-refractivity contribution in [3.05, 3.63) is 78.4 Å². The second-order valence-corrected chi connectivity index (χ2v) is 6.03. The van der Waals surface area contributed by atoms with Crippen molar-refractivity contribution in [3.63, 3.8) is 0 Å². The molecule has 4 rings (SSSR count). The van der Waals surface area contributed by atoms with E-state index in [0.29, 0.717) is 0 Å². The fraction of sp³-hybridized carbons (Fsp3) is 0.150. The Labute approximate surface area is 146 Å². The van der Waals surface area contributed by atoms with E-state index in [0.717, 1.165) is 35.6 Å². The number of imidazole rings is 1. The molecule has 0 amide bonds. The van der Waals surface area contributed by atoms with E-state index in [1.165, 1.54) is 11.1 Å². The van der Waals surface area contributed by atoms with Gasteiger partial charge in [0.2, 0.25) is 0 Å². The van der Waals surface area contributed by atoms with Crippen molar-refractivity contribution in [2.45, 2.75) is 13.3 Å². The lowest BCUT2D eigenvalue weighted by molar-refractivity contribution is 0.964. The maximum atomic E-state index is 4.68. The predicted octanol–water partition coefficient (Wildman–Crippen LogP) is 3.78. The molecule has 0 aliphatic carbocycles. The van der Waals surface area contributed by atoms with Gasteiger partial charge in [-0.1, -0.05) is 36.4 Å². The lowest BCUT2D eigenvalue weighted by Gasteiger charge is -2.08. The lowest BCUT2D eigenvalue weighted by Crippen LogP contribution is -2.08. The summed E-state index contributed by atoms with van der Waals surface area (Å²) in [5.74, 6) is 1.53. The third-order valence-corrected chi connectivity index (χ3v) is 4.13. The lowest BCUT2D eigenvalue weighted by atomic mass is 10.1. The summed E-state index contributed by atoms with van der Waals surface area (Å²) in [5.41, 5.74) is 4.49. The second kappa shape index (κ2) is 6.73. The van der Waals surface area contributed by atoms with Gasteiger partial charge in [0.05, 0.1) is 23.4 Å². The Morgan fingerprint density at radius 1 is 1.04 bits per heavy atom. The molecule has 124 valence electrons. The molecule has 5 heteroatoms.